The van der Waals surface area contributed by atoms with Gasteiger partial charge in [0.25, 0.3) is 5.56 Å². The Balaban J connectivity index is 1.69. The lowest BCUT2D eigenvalue weighted by Gasteiger charge is -2.33. The van der Waals surface area contributed by atoms with Crippen molar-refractivity contribution in [3.63, 3.8) is 0 Å². The van der Waals surface area contributed by atoms with Gasteiger partial charge in [0.2, 0.25) is 0 Å². The van der Waals surface area contributed by atoms with Gasteiger partial charge >= 0.3 is 5.97 Å². The molecule has 0 saturated carbocycles. The molecule has 0 unspecified atom stereocenters. The summed E-state index contributed by atoms with van der Waals surface area (Å²) in [6.45, 7) is 7.26. The Kier molecular flexibility index (Phi) is 5.07. The zero-order valence-corrected chi connectivity index (χ0v) is 18.1. The van der Waals surface area contributed by atoms with Gasteiger partial charge in [0.15, 0.2) is 0 Å². The predicted octanol–water partition coefficient (Wildman–Crippen LogP) is 4.44. The maximum absolute atomic E-state index is 13.3. The molecule has 6 heteroatoms. The molecule has 0 radical (unpaired) electrons. The summed E-state index contributed by atoms with van der Waals surface area (Å²) >= 11 is 1.67. The number of nitrogens with zero attached hydrogens (tertiary/aromatic N) is 2. The monoisotopic (exact) mass is 410 g/mol. The number of thiophene rings is 1. The standard InChI is InChI=1S/C23H26N2O3S/c1-23(2,3)16-8-9-17-18(11-16)29-20-19(17)21(26)25(13-24-20)12-14-6-5-7-15(10-14)22(27)28-4/h5-7,10,13,16H,8-9,11-12H2,1-4H3/t16-/m0/s1. The Bertz CT molecular complexity index is 1140. The van der Waals surface area contributed by atoms with E-state index in [4.69, 9.17) is 4.74 Å². The van der Waals surface area contributed by atoms with E-state index in [9.17, 15) is 9.59 Å². The highest BCUT2D eigenvalue weighted by molar-refractivity contribution is 7.18. The van der Waals surface area contributed by atoms with Crippen molar-refractivity contribution in [1.82, 2.24) is 9.55 Å². The number of carbonyl (C=O) groups excluding carboxylic acids is 1. The normalized spacial score (nSPS) is 16.6. The first-order valence-corrected chi connectivity index (χ1v) is 10.8. The van der Waals surface area contributed by atoms with Crippen LogP contribution >= 0.6 is 11.3 Å². The maximum Gasteiger partial charge on any atom is 0.337 e. The van der Waals surface area contributed by atoms with Crippen LogP contribution in [0.2, 0.25) is 0 Å². The summed E-state index contributed by atoms with van der Waals surface area (Å²) in [5.74, 6) is 0.249. The minimum Gasteiger partial charge on any atom is -0.465 e. The molecule has 0 saturated heterocycles. The number of fused-ring (bicyclic) bond motifs is 3. The molecule has 1 atom stereocenters. The van der Waals surface area contributed by atoms with E-state index in [-0.39, 0.29) is 16.9 Å². The number of aryl methyl sites for hydroxylation is 1. The minimum atomic E-state index is -0.381. The summed E-state index contributed by atoms with van der Waals surface area (Å²) < 4.78 is 6.43. The van der Waals surface area contributed by atoms with Crippen LogP contribution < -0.4 is 5.56 Å². The van der Waals surface area contributed by atoms with Crippen LogP contribution in [-0.2, 0) is 24.1 Å². The van der Waals surface area contributed by atoms with Gasteiger partial charge in [0.05, 0.1) is 30.9 Å². The van der Waals surface area contributed by atoms with Crippen LogP contribution in [0.5, 0.6) is 0 Å². The highest BCUT2D eigenvalue weighted by Gasteiger charge is 2.31. The number of aromatic nitrogens is 2. The number of hydrogen-bond donors (Lipinski definition) is 0. The number of hydrogen-bond acceptors (Lipinski definition) is 5. The van der Waals surface area contributed by atoms with E-state index in [0.717, 1.165) is 35.0 Å². The highest BCUT2D eigenvalue weighted by Crippen LogP contribution is 2.41. The zero-order chi connectivity index (χ0) is 20.8. The first-order chi connectivity index (χ1) is 13.8. The molecule has 1 aliphatic carbocycles. The minimum absolute atomic E-state index is 0.00480. The van der Waals surface area contributed by atoms with Crippen LogP contribution in [0.25, 0.3) is 10.2 Å². The molecule has 2 heterocycles. The molecular formula is C23H26N2O3S. The van der Waals surface area contributed by atoms with Crippen LogP contribution in [0.4, 0.5) is 0 Å². The second-order valence-electron chi connectivity index (χ2n) is 8.86. The molecule has 0 aliphatic heterocycles. The highest BCUT2D eigenvalue weighted by atomic mass is 32.1. The quantitative estimate of drug-likeness (QED) is 0.599. The fourth-order valence-electron chi connectivity index (χ4n) is 4.16. The molecule has 0 N–H and O–H groups in total. The zero-order valence-electron chi connectivity index (χ0n) is 17.3. The van der Waals surface area contributed by atoms with Gasteiger partial charge in [-0.2, -0.15) is 0 Å². The van der Waals surface area contributed by atoms with E-state index in [0.29, 0.717) is 18.0 Å². The van der Waals surface area contributed by atoms with E-state index >= 15 is 0 Å². The molecule has 4 rings (SSSR count). The topological polar surface area (TPSA) is 61.2 Å². The molecule has 1 aliphatic rings. The second kappa shape index (κ2) is 7.41. The van der Waals surface area contributed by atoms with Crippen LogP contribution in [0.15, 0.2) is 35.4 Å². The number of methoxy groups -OCH3 is 1. The molecule has 0 bridgehead atoms. The van der Waals surface area contributed by atoms with E-state index in [1.165, 1.54) is 17.6 Å². The average molecular weight is 411 g/mol. The Morgan fingerprint density at radius 3 is 2.86 bits per heavy atom. The van der Waals surface area contributed by atoms with Gasteiger partial charge in [-0.25, -0.2) is 9.78 Å². The van der Waals surface area contributed by atoms with Gasteiger partial charge in [-0.3, -0.25) is 9.36 Å². The van der Waals surface area contributed by atoms with Crippen LogP contribution in [-0.4, -0.2) is 22.6 Å². The third-order valence-corrected chi connectivity index (χ3v) is 7.12. The fraction of sp³-hybridized carbons (Fsp3) is 0.435. The Morgan fingerprint density at radius 2 is 2.14 bits per heavy atom. The van der Waals surface area contributed by atoms with E-state index in [1.807, 2.05) is 6.07 Å². The second-order valence-corrected chi connectivity index (χ2v) is 9.94. The van der Waals surface area contributed by atoms with Crippen LogP contribution in [0.1, 0.15) is 53.6 Å². The lowest BCUT2D eigenvalue weighted by molar-refractivity contribution is 0.0600. The molecule has 2 aromatic heterocycles. The average Bonchev–Trinajstić information content (AvgIpc) is 3.07. The van der Waals surface area contributed by atoms with Gasteiger partial charge in [-0.05, 0) is 53.9 Å². The lowest BCUT2D eigenvalue weighted by Crippen LogP contribution is -2.27. The van der Waals surface area contributed by atoms with Gasteiger partial charge in [0, 0.05) is 4.88 Å². The number of ether oxygens (including phenoxy) is 1. The van der Waals surface area contributed by atoms with Crippen molar-refractivity contribution in [1.29, 1.82) is 0 Å². The maximum atomic E-state index is 13.3. The van der Waals surface area contributed by atoms with E-state index in [1.54, 1.807) is 40.4 Å². The molecule has 29 heavy (non-hydrogen) atoms. The number of esters is 1. The summed E-state index contributed by atoms with van der Waals surface area (Å²) in [7, 11) is 1.36. The summed E-state index contributed by atoms with van der Waals surface area (Å²) in [6, 6.07) is 7.18. The van der Waals surface area contributed by atoms with Crippen molar-refractivity contribution in [3.05, 3.63) is 62.5 Å². The third-order valence-electron chi connectivity index (χ3n) is 5.96. The van der Waals surface area contributed by atoms with Crippen LogP contribution in [0.3, 0.4) is 0 Å². The fourth-order valence-corrected chi connectivity index (χ4v) is 5.42. The summed E-state index contributed by atoms with van der Waals surface area (Å²) in [6.07, 6.45) is 4.70. The molecular weight excluding hydrogens is 384 g/mol. The lowest BCUT2D eigenvalue weighted by atomic mass is 9.72. The summed E-state index contributed by atoms with van der Waals surface area (Å²) in [4.78, 5) is 31.8. The number of rotatable bonds is 3. The Hall–Kier alpha value is -2.47. The van der Waals surface area contributed by atoms with Crippen molar-refractivity contribution >= 4 is 27.5 Å². The molecule has 3 aromatic rings. The van der Waals surface area contributed by atoms with Crippen molar-refractivity contribution in [3.8, 4) is 0 Å². The van der Waals surface area contributed by atoms with Gasteiger partial charge in [0.1, 0.15) is 4.83 Å². The van der Waals surface area contributed by atoms with Crippen molar-refractivity contribution < 1.29 is 9.53 Å². The van der Waals surface area contributed by atoms with Gasteiger partial charge < -0.3 is 4.74 Å². The van der Waals surface area contributed by atoms with Crippen LogP contribution in [0, 0.1) is 11.3 Å². The van der Waals surface area contributed by atoms with Crippen molar-refractivity contribution in [2.75, 3.05) is 7.11 Å². The Labute approximate surface area is 174 Å². The molecule has 0 fully saturated rings. The van der Waals surface area contributed by atoms with E-state index in [2.05, 4.69) is 25.8 Å². The first kappa shape index (κ1) is 19.8. The molecule has 0 spiro atoms. The largest absolute Gasteiger partial charge is 0.465 e. The number of benzene rings is 1. The first-order valence-electron chi connectivity index (χ1n) is 9.95. The van der Waals surface area contributed by atoms with Gasteiger partial charge in [-0.15, -0.1) is 11.3 Å². The predicted molar refractivity (Wildman–Crippen MR) is 116 cm³/mol. The molecule has 1 aromatic carbocycles. The Morgan fingerprint density at radius 1 is 1.34 bits per heavy atom. The third kappa shape index (κ3) is 3.73. The number of carbonyl (C=O) groups is 1. The van der Waals surface area contributed by atoms with Crippen molar-refractivity contribution in [2.45, 2.75) is 46.6 Å². The van der Waals surface area contributed by atoms with E-state index < -0.39 is 0 Å². The summed E-state index contributed by atoms with van der Waals surface area (Å²) in [5, 5.41) is 0.781. The smallest absolute Gasteiger partial charge is 0.337 e. The molecule has 0 amide bonds. The molecule has 152 valence electrons. The van der Waals surface area contributed by atoms with Crippen molar-refractivity contribution in [2.24, 2.45) is 11.3 Å². The SMILES string of the molecule is COC(=O)c1cccc(Cn2cnc3sc4c(c3c2=O)CC[C@H](C(C)(C)C)C4)c1. The summed E-state index contributed by atoms with van der Waals surface area (Å²) in [5.41, 5.74) is 2.82. The van der Waals surface area contributed by atoms with Gasteiger partial charge in [-0.1, -0.05) is 32.9 Å². The molecule has 5 nitrogen and oxygen atoms in total.